The average Bonchev–Trinajstić information content (AvgIpc) is 3.03. The van der Waals surface area contributed by atoms with Crippen LogP contribution in [0.3, 0.4) is 0 Å². The molecular formula is C18H25N3O2. The normalized spacial score (nSPS) is 19.0. The van der Waals surface area contributed by atoms with Gasteiger partial charge in [0.25, 0.3) is 0 Å². The zero-order valence-corrected chi connectivity index (χ0v) is 14.0. The summed E-state index contributed by atoms with van der Waals surface area (Å²) in [6.07, 6.45) is 5.54. The fourth-order valence-electron chi connectivity index (χ4n) is 3.26. The Labute approximate surface area is 137 Å². The van der Waals surface area contributed by atoms with E-state index in [1.807, 2.05) is 6.07 Å². The van der Waals surface area contributed by atoms with Gasteiger partial charge in [0.1, 0.15) is 5.75 Å². The molecule has 2 aromatic rings. The Kier molecular flexibility index (Phi) is 5.28. The summed E-state index contributed by atoms with van der Waals surface area (Å²) in [6.45, 7) is 3.91. The molecule has 0 aliphatic carbocycles. The second kappa shape index (κ2) is 7.59. The van der Waals surface area contributed by atoms with Crippen LogP contribution in [0.15, 0.2) is 28.8 Å². The Morgan fingerprint density at radius 2 is 2.26 bits per heavy atom. The minimum atomic E-state index is 0.389. The number of likely N-dealkylation sites (tertiary alicyclic amines) is 1. The largest absolute Gasteiger partial charge is 0.497 e. The van der Waals surface area contributed by atoms with E-state index in [9.17, 15) is 0 Å². The molecule has 0 bridgehead atoms. The third kappa shape index (κ3) is 3.91. The summed E-state index contributed by atoms with van der Waals surface area (Å²) in [7, 11) is 1.71. The molecular weight excluding hydrogens is 290 g/mol. The van der Waals surface area contributed by atoms with Crippen molar-refractivity contribution in [3.63, 3.8) is 0 Å². The van der Waals surface area contributed by atoms with E-state index in [0.29, 0.717) is 6.04 Å². The van der Waals surface area contributed by atoms with E-state index in [2.05, 4.69) is 40.2 Å². The minimum Gasteiger partial charge on any atom is -0.497 e. The third-order valence-corrected chi connectivity index (χ3v) is 4.41. The van der Waals surface area contributed by atoms with Crippen molar-refractivity contribution in [1.29, 1.82) is 0 Å². The Balaban J connectivity index is 1.75. The predicted molar refractivity (Wildman–Crippen MR) is 88.3 cm³/mol. The second-order valence-corrected chi connectivity index (χ2v) is 6.11. The van der Waals surface area contributed by atoms with E-state index in [1.165, 1.54) is 18.4 Å². The summed E-state index contributed by atoms with van der Waals surface area (Å²) in [5.41, 5.74) is 1.30. The average molecular weight is 315 g/mol. The van der Waals surface area contributed by atoms with Gasteiger partial charge in [-0.1, -0.05) is 30.6 Å². The molecule has 1 aliphatic heterocycles. The summed E-state index contributed by atoms with van der Waals surface area (Å²) >= 11 is 0. The zero-order valence-electron chi connectivity index (χ0n) is 14.0. The topological polar surface area (TPSA) is 51.4 Å². The van der Waals surface area contributed by atoms with Crippen LogP contribution < -0.4 is 4.74 Å². The van der Waals surface area contributed by atoms with Gasteiger partial charge in [0.05, 0.1) is 13.7 Å². The molecule has 1 saturated heterocycles. The number of hydrogen-bond acceptors (Lipinski definition) is 5. The SMILES string of the molecule is CCCc1noc(CN2CCCC[C@@H]2c2cccc(OC)c2)n1. The monoisotopic (exact) mass is 315 g/mol. The van der Waals surface area contributed by atoms with Crippen molar-refractivity contribution in [1.82, 2.24) is 15.0 Å². The van der Waals surface area contributed by atoms with E-state index in [-0.39, 0.29) is 0 Å². The number of piperidine rings is 1. The van der Waals surface area contributed by atoms with Crippen LogP contribution in [0.2, 0.25) is 0 Å². The van der Waals surface area contributed by atoms with Gasteiger partial charge in [-0.25, -0.2) is 0 Å². The molecule has 5 nitrogen and oxygen atoms in total. The van der Waals surface area contributed by atoms with Crippen LogP contribution in [0.4, 0.5) is 0 Å². The van der Waals surface area contributed by atoms with Crippen LogP contribution in [0, 0.1) is 0 Å². The number of rotatable bonds is 6. The van der Waals surface area contributed by atoms with Crippen LogP contribution in [0.25, 0.3) is 0 Å². The maximum absolute atomic E-state index is 5.42. The molecule has 1 fully saturated rings. The number of methoxy groups -OCH3 is 1. The lowest BCUT2D eigenvalue weighted by Crippen LogP contribution is -2.33. The third-order valence-electron chi connectivity index (χ3n) is 4.41. The Morgan fingerprint density at radius 1 is 1.35 bits per heavy atom. The molecule has 23 heavy (non-hydrogen) atoms. The van der Waals surface area contributed by atoms with Crippen molar-refractivity contribution >= 4 is 0 Å². The van der Waals surface area contributed by atoms with Gasteiger partial charge in [-0.05, 0) is 43.5 Å². The van der Waals surface area contributed by atoms with Crippen molar-refractivity contribution in [2.24, 2.45) is 0 Å². The summed E-state index contributed by atoms with van der Waals surface area (Å²) in [4.78, 5) is 6.96. The molecule has 1 aromatic carbocycles. The maximum atomic E-state index is 5.42. The first kappa shape index (κ1) is 16.0. The van der Waals surface area contributed by atoms with Gasteiger partial charge in [0.2, 0.25) is 5.89 Å². The molecule has 124 valence electrons. The lowest BCUT2D eigenvalue weighted by molar-refractivity contribution is 0.123. The molecule has 2 heterocycles. The van der Waals surface area contributed by atoms with Gasteiger partial charge in [-0.15, -0.1) is 0 Å². The number of ether oxygens (including phenoxy) is 1. The molecule has 0 radical (unpaired) electrons. The first-order chi connectivity index (χ1) is 11.3. The van der Waals surface area contributed by atoms with Crippen LogP contribution in [-0.4, -0.2) is 28.7 Å². The first-order valence-corrected chi connectivity index (χ1v) is 8.49. The van der Waals surface area contributed by atoms with E-state index in [0.717, 1.165) is 49.8 Å². The molecule has 3 rings (SSSR count). The van der Waals surface area contributed by atoms with E-state index < -0.39 is 0 Å². The van der Waals surface area contributed by atoms with Crippen LogP contribution in [-0.2, 0) is 13.0 Å². The minimum absolute atomic E-state index is 0.389. The van der Waals surface area contributed by atoms with E-state index in [4.69, 9.17) is 9.26 Å². The van der Waals surface area contributed by atoms with Crippen LogP contribution in [0.5, 0.6) is 5.75 Å². The standard InChI is InChI=1S/C18H25N3O2/c1-3-7-17-19-18(23-20-17)13-21-11-5-4-10-16(21)14-8-6-9-15(12-14)22-2/h6,8-9,12,16H,3-5,7,10-11,13H2,1-2H3/t16-/m1/s1. The van der Waals surface area contributed by atoms with E-state index >= 15 is 0 Å². The Hall–Kier alpha value is -1.88. The van der Waals surface area contributed by atoms with Crippen molar-refractivity contribution in [3.05, 3.63) is 41.5 Å². The summed E-state index contributed by atoms with van der Waals surface area (Å²) < 4.78 is 10.8. The van der Waals surface area contributed by atoms with Crippen molar-refractivity contribution in [2.45, 2.75) is 51.6 Å². The molecule has 1 aromatic heterocycles. The second-order valence-electron chi connectivity index (χ2n) is 6.11. The molecule has 0 amide bonds. The lowest BCUT2D eigenvalue weighted by Gasteiger charge is -2.35. The smallest absolute Gasteiger partial charge is 0.240 e. The van der Waals surface area contributed by atoms with Crippen molar-refractivity contribution < 1.29 is 9.26 Å². The molecule has 1 aliphatic rings. The Morgan fingerprint density at radius 3 is 3.09 bits per heavy atom. The summed E-state index contributed by atoms with van der Waals surface area (Å²) in [5, 5.41) is 4.06. The predicted octanol–water partition coefficient (Wildman–Crippen LogP) is 3.76. The van der Waals surface area contributed by atoms with Crippen LogP contribution in [0.1, 0.15) is 55.9 Å². The molecule has 5 heteroatoms. The number of benzene rings is 1. The fraction of sp³-hybridized carbons (Fsp3) is 0.556. The molecule has 0 saturated carbocycles. The molecule has 0 unspecified atom stereocenters. The summed E-state index contributed by atoms with van der Waals surface area (Å²) in [5.74, 6) is 2.46. The highest BCUT2D eigenvalue weighted by Gasteiger charge is 2.26. The quantitative estimate of drug-likeness (QED) is 0.812. The van der Waals surface area contributed by atoms with Gasteiger partial charge in [0, 0.05) is 12.5 Å². The molecule has 1 atom stereocenters. The lowest BCUT2D eigenvalue weighted by atomic mass is 9.95. The summed E-state index contributed by atoms with van der Waals surface area (Å²) in [6, 6.07) is 8.76. The van der Waals surface area contributed by atoms with Crippen molar-refractivity contribution in [2.75, 3.05) is 13.7 Å². The van der Waals surface area contributed by atoms with Gasteiger partial charge >= 0.3 is 0 Å². The highest BCUT2D eigenvalue weighted by atomic mass is 16.5. The van der Waals surface area contributed by atoms with Gasteiger partial charge in [0.15, 0.2) is 5.82 Å². The van der Waals surface area contributed by atoms with Crippen LogP contribution >= 0.6 is 0 Å². The number of aryl methyl sites for hydroxylation is 1. The maximum Gasteiger partial charge on any atom is 0.240 e. The van der Waals surface area contributed by atoms with Gasteiger partial charge < -0.3 is 9.26 Å². The highest BCUT2D eigenvalue weighted by Crippen LogP contribution is 2.33. The highest BCUT2D eigenvalue weighted by molar-refractivity contribution is 5.30. The first-order valence-electron chi connectivity index (χ1n) is 8.49. The Bertz CT molecular complexity index is 626. The zero-order chi connectivity index (χ0) is 16.1. The van der Waals surface area contributed by atoms with Crippen molar-refractivity contribution in [3.8, 4) is 5.75 Å². The fourth-order valence-corrected chi connectivity index (χ4v) is 3.26. The van der Waals surface area contributed by atoms with Gasteiger partial charge in [-0.3, -0.25) is 4.90 Å². The number of hydrogen-bond donors (Lipinski definition) is 0. The van der Waals surface area contributed by atoms with Gasteiger partial charge in [-0.2, -0.15) is 4.98 Å². The molecule has 0 spiro atoms. The molecule has 0 N–H and O–H groups in total. The van der Waals surface area contributed by atoms with E-state index in [1.54, 1.807) is 7.11 Å². The number of aromatic nitrogens is 2. The number of nitrogens with zero attached hydrogens (tertiary/aromatic N) is 3.